The summed E-state index contributed by atoms with van der Waals surface area (Å²) in [6.45, 7) is 2.96. The maximum atomic E-state index is 5.49. The van der Waals surface area contributed by atoms with Crippen LogP contribution in [0.2, 0.25) is 0 Å². The number of aromatic nitrogens is 2. The third-order valence-corrected chi connectivity index (χ3v) is 2.86. The number of nitrogens with one attached hydrogen (secondary N) is 1. The van der Waals surface area contributed by atoms with Crippen molar-refractivity contribution in [3.63, 3.8) is 0 Å². The van der Waals surface area contributed by atoms with Crippen LogP contribution in [0.25, 0.3) is 0 Å². The highest BCUT2D eigenvalue weighted by molar-refractivity contribution is 7.71. The highest BCUT2D eigenvalue weighted by Crippen LogP contribution is 2.24. The van der Waals surface area contributed by atoms with Crippen molar-refractivity contribution < 1.29 is 4.74 Å². The van der Waals surface area contributed by atoms with Crippen LogP contribution in [0.4, 0.5) is 0 Å². The van der Waals surface area contributed by atoms with Crippen LogP contribution >= 0.6 is 12.2 Å². The molecule has 2 atom stereocenters. The van der Waals surface area contributed by atoms with Gasteiger partial charge in [0.2, 0.25) is 0 Å². The fourth-order valence-electron chi connectivity index (χ4n) is 1.85. The molecule has 13 heavy (non-hydrogen) atoms. The molecule has 1 aromatic heterocycles. The molecule has 0 amide bonds. The van der Waals surface area contributed by atoms with Crippen molar-refractivity contribution >= 4 is 12.2 Å². The van der Waals surface area contributed by atoms with Crippen LogP contribution in [0, 0.1) is 4.77 Å². The Morgan fingerprint density at radius 3 is 3.15 bits per heavy atom. The lowest BCUT2D eigenvalue weighted by Gasteiger charge is -2.28. The van der Waals surface area contributed by atoms with Gasteiger partial charge in [-0.3, -0.25) is 0 Å². The number of hydrogen-bond acceptors (Lipinski definition) is 2. The third-order valence-electron chi connectivity index (χ3n) is 2.53. The van der Waals surface area contributed by atoms with E-state index >= 15 is 0 Å². The first-order valence-corrected chi connectivity index (χ1v) is 5.05. The van der Waals surface area contributed by atoms with Gasteiger partial charge in [-0.25, -0.2) is 0 Å². The van der Waals surface area contributed by atoms with Gasteiger partial charge in [0.05, 0.1) is 6.10 Å². The first kappa shape index (κ1) is 8.97. The average Bonchev–Trinajstić information content (AvgIpc) is 2.51. The molecule has 0 radical (unpaired) electrons. The summed E-state index contributed by atoms with van der Waals surface area (Å²) in [5, 5.41) is 0. The van der Waals surface area contributed by atoms with E-state index in [0.717, 1.165) is 24.2 Å². The second kappa shape index (κ2) is 3.64. The van der Waals surface area contributed by atoms with E-state index in [9.17, 15) is 0 Å². The monoisotopic (exact) mass is 198 g/mol. The van der Waals surface area contributed by atoms with Gasteiger partial charge in [0.25, 0.3) is 0 Å². The predicted octanol–water partition coefficient (Wildman–Crippen LogP) is 2.29. The lowest BCUT2D eigenvalue weighted by molar-refractivity contribution is 0.00569. The van der Waals surface area contributed by atoms with Gasteiger partial charge >= 0.3 is 0 Å². The Morgan fingerprint density at radius 2 is 2.54 bits per heavy atom. The van der Waals surface area contributed by atoms with E-state index in [1.807, 2.05) is 12.4 Å². The summed E-state index contributed by atoms with van der Waals surface area (Å²) in [5.74, 6) is 0. The summed E-state index contributed by atoms with van der Waals surface area (Å²) in [6, 6.07) is 0.516. The standard InChI is InChI=1S/C9H14N2OS/c1-7-6-8(2-5-12-7)11-4-3-10-9(11)13/h3-4,7-8H,2,5-6H2,1H3,(H,10,13). The zero-order valence-electron chi connectivity index (χ0n) is 7.69. The summed E-state index contributed by atoms with van der Waals surface area (Å²) in [6.07, 6.45) is 6.39. The van der Waals surface area contributed by atoms with Crippen LogP contribution in [-0.2, 0) is 4.74 Å². The summed E-state index contributed by atoms with van der Waals surface area (Å²) in [7, 11) is 0. The van der Waals surface area contributed by atoms with Gasteiger partial charge in [-0.15, -0.1) is 0 Å². The quantitative estimate of drug-likeness (QED) is 0.702. The molecule has 1 aliphatic rings. The second-order valence-corrected chi connectivity index (χ2v) is 3.92. The van der Waals surface area contributed by atoms with E-state index in [1.54, 1.807) is 0 Å². The van der Waals surface area contributed by atoms with E-state index in [2.05, 4.69) is 16.5 Å². The predicted molar refractivity (Wildman–Crippen MR) is 53.3 cm³/mol. The Bertz CT molecular complexity index is 330. The summed E-state index contributed by atoms with van der Waals surface area (Å²) >= 11 is 5.17. The topological polar surface area (TPSA) is 29.9 Å². The molecule has 0 saturated carbocycles. The zero-order valence-corrected chi connectivity index (χ0v) is 8.51. The molecule has 0 bridgehead atoms. The van der Waals surface area contributed by atoms with Gasteiger partial charge in [-0.05, 0) is 32.0 Å². The van der Waals surface area contributed by atoms with Crippen molar-refractivity contribution in [2.45, 2.75) is 31.9 Å². The van der Waals surface area contributed by atoms with Crippen molar-refractivity contribution in [1.29, 1.82) is 0 Å². The minimum atomic E-state index is 0.357. The third kappa shape index (κ3) is 1.84. The first-order valence-electron chi connectivity index (χ1n) is 4.64. The van der Waals surface area contributed by atoms with Crippen molar-refractivity contribution in [3.8, 4) is 0 Å². The Kier molecular flexibility index (Phi) is 2.51. The lowest BCUT2D eigenvalue weighted by atomic mass is 10.0. The maximum Gasteiger partial charge on any atom is 0.177 e. The number of nitrogens with zero attached hydrogens (tertiary/aromatic N) is 1. The molecule has 1 saturated heterocycles. The fourth-order valence-corrected chi connectivity index (χ4v) is 2.12. The smallest absolute Gasteiger partial charge is 0.177 e. The number of H-pyrrole nitrogens is 1. The molecule has 72 valence electrons. The lowest BCUT2D eigenvalue weighted by Crippen LogP contribution is -2.25. The SMILES string of the molecule is CC1CC(n2cc[nH]c2=S)CCO1. The molecule has 2 heterocycles. The summed E-state index contributed by atoms with van der Waals surface area (Å²) < 4.78 is 8.44. The second-order valence-electron chi connectivity index (χ2n) is 3.53. The van der Waals surface area contributed by atoms with E-state index in [-0.39, 0.29) is 0 Å². The molecule has 1 aliphatic heterocycles. The van der Waals surface area contributed by atoms with Gasteiger partial charge in [0.15, 0.2) is 4.77 Å². The van der Waals surface area contributed by atoms with Crippen molar-refractivity contribution in [3.05, 3.63) is 17.2 Å². The average molecular weight is 198 g/mol. The molecular weight excluding hydrogens is 184 g/mol. The molecule has 1 N–H and O–H groups in total. The first-order chi connectivity index (χ1) is 6.27. The molecule has 2 unspecified atom stereocenters. The van der Waals surface area contributed by atoms with Crippen molar-refractivity contribution in [1.82, 2.24) is 9.55 Å². The van der Waals surface area contributed by atoms with Gasteiger partial charge in [-0.2, -0.15) is 0 Å². The molecule has 4 heteroatoms. The summed E-state index contributed by atoms with van der Waals surface area (Å²) in [4.78, 5) is 3.02. The van der Waals surface area contributed by atoms with E-state index in [1.165, 1.54) is 0 Å². The molecule has 0 aliphatic carbocycles. The normalized spacial score (nSPS) is 29.0. The molecule has 0 aromatic carbocycles. The molecular formula is C9H14N2OS. The highest BCUT2D eigenvalue weighted by atomic mass is 32.1. The Labute approximate surface area is 82.7 Å². The van der Waals surface area contributed by atoms with Crippen LogP contribution in [0.3, 0.4) is 0 Å². The largest absolute Gasteiger partial charge is 0.378 e. The molecule has 1 aromatic rings. The van der Waals surface area contributed by atoms with Gasteiger partial charge < -0.3 is 14.3 Å². The van der Waals surface area contributed by atoms with Gasteiger partial charge in [0, 0.05) is 25.0 Å². The highest BCUT2D eigenvalue weighted by Gasteiger charge is 2.20. The van der Waals surface area contributed by atoms with Crippen LogP contribution in [0.15, 0.2) is 12.4 Å². The summed E-state index contributed by atoms with van der Waals surface area (Å²) in [5.41, 5.74) is 0. The number of imidazole rings is 1. The number of ether oxygens (including phenoxy) is 1. The minimum absolute atomic E-state index is 0.357. The number of aromatic amines is 1. The van der Waals surface area contributed by atoms with E-state index < -0.39 is 0 Å². The molecule has 3 nitrogen and oxygen atoms in total. The van der Waals surface area contributed by atoms with E-state index in [0.29, 0.717) is 12.1 Å². The number of rotatable bonds is 1. The maximum absolute atomic E-state index is 5.49. The van der Waals surface area contributed by atoms with Gasteiger partial charge in [0.1, 0.15) is 0 Å². The van der Waals surface area contributed by atoms with Crippen LogP contribution < -0.4 is 0 Å². The molecule has 0 spiro atoms. The Balaban J connectivity index is 2.17. The zero-order chi connectivity index (χ0) is 9.26. The van der Waals surface area contributed by atoms with Crippen LogP contribution in [-0.4, -0.2) is 22.3 Å². The Hall–Kier alpha value is -0.610. The van der Waals surface area contributed by atoms with Crippen molar-refractivity contribution in [2.24, 2.45) is 0 Å². The minimum Gasteiger partial charge on any atom is -0.378 e. The number of hydrogen-bond donors (Lipinski definition) is 1. The van der Waals surface area contributed by atoms with E-state index in [4.69, 9.17) is 17.0 Å². The Morgan fingerprint density at radius 1 is 1.69 bits per heavy atom. The molecule has 1 fully saturated rings. The van der Waals surface area contributed by atoms with Crippen LogP contribution in [0.1, 0.15) is 25.8 Å². The van der Waals surface area contributed by atoms with Gasteiger partial charge in [-0.1, -0.05) is 0 Å². The van der Waals surface area contributed by atoms with Crippen molar-refractivity contribution in [2.75, 3.05) is 6.61 Å². The molecule has 2 rings (SSSR count). The fraction of sp³-hybridized carbons (Fsp3) is 0.667. The van der Waals surface area contributed by atoms with Crippen LogP contribution in [0.5, 0.6) is 0 Å².